The van der Waals surface area contributed by atoms with Crippen molar-refractivity contribution in [1.29, 1.82) is 0 Å². The molecule has 0 bridgehead atoms. The molecule has 9 aromatic carbocycles. The van der Waals surface area contributed by atoms with Gasteiger partial charge >= 0.3 is 6.03 Å². The fourth-order valence-electron chi connectivity index (χ4n) is 16.8. The Morgan fingerprint density at radius 3 is 1.26 bits per heavy atom. The van der Waals surface area contributed by atoms with Crippen LogP contribution in [0.3, 0.4) is 0 Å². The molecule has 5 aliphatic rings. The van der Waals surface area contributed by atoms with Crippen LogP contribution in [0.15, 0.2) is 242 Å². The van der Waals surface area contributed by atoms with Crippen LogP contribution in [-0.4, -0.2) is 174 Å². The van der Waals surface area contributed by atoms with E-state index in [4.69, 9.17) is 34.8 Å². The molecule has 0 saturated carbocycles. The molecule has 0 radical (unpaired) electrons. The summed E-state index contributed by atoms with van der Waals surface area (Å²) >= 11 is 29.9. The smallest absolute Gasteiger partial charge is 0.317 e. The number of carbonyl (C=O) groups is 7. The fourth-order valence-corrected chi connectivity index (χ4v) is 22.3. The number of aliphatic hydroxyl groups is 1. The molecule has 12 aromatic rings. The van der Waals surface area contributed by atoms with Gasteiger partial charge in [-0.1, -0.05) is 169 Å². The molecule has 6 atom stereocenters. The summed E-state index contributed by atoms with van der Waals surface area (Å²) in [6.07, 6.45) is 4.88. The molecule has 20 nitrogen and oxygen atoms in total. The molecule has 17 rings (SSSR count). The van der Waals surface area contributed by atoms with Gasteiger partial charge in [-0.3, -0.25) is 34.0 Å². The third kappa shape index (κ3) is 18.0. The standard InChI is InChI=1S/C33H32ClF2N5O3S.C30H27BrClN3O3S.C28H25BrClN3O3S/c1-2-37-32(44)40-14-12-39(13-15-40)31(43)33(45-23-6-4-3-5-7-23)18-29(42)41(20-21-8-11-26(35)27(36)16-21)30(33)25-19-38-28-17-22(34)9-10-24(25)28;1-18-2-9-23(10-3-18)39-30(29(38)34-16-22(36)17-34)13-27(37)35(15-19-4-6-20(31)7-5-19)28(30)25-14-33-26-12-21(32)8-11-24(25)26;1-17-3-10-21(11-4-17)37-28(27(35)32(2)36)14-25(34)33(16-18-5-7-19(29)8-6-18)26(28)23-15-31-24-13-20(30)9-12-22(23)24/h3-11,16-17,19,30,38H,2,12-15,18,20H2,1H3,(H,37,44);2-12,14,22,28,33,36H,13,15-17H2,1H3;3-13,15,26,31,36H,14,16H2,1-2H3/t30-,33-;28-,30-;26-,28-/m000/s1. The number of halogens is 7. The number of hydrogen-bond donors (Lipinski definition) is 6. The van der Waals surface area contributed by atoms with Crippen molar-refractivity contribution in [3.8, 4) is 0 Å². The van der Waals surface area contributed by atoms with Crippen molar-refractivity contribution in [2.45, 2.75) is 113 Å². The number of nitrogens with zero attached hydrogens (tertiary/aromatic N) is 7. The van der Waals surface area contributed by atoms with Gasteiger partial charge < -0.3 is 54.8 Å². The molecule has 0 spiro atoms. The lowest BCUT2D eigenvalue weighted by atomic mass is 9.89. The number of nitrogens with one attached hydrogen (secondary N) is 4. The van der Waals surface area contributed by atoms with E-state index in [9.17, 15) is 52.7 Å². The van der Waals surface area contributed by atoms with Crippen LogP contribution in [0, 0.1) is 25.5 Å². The van der Waals surface area contributed by atoms with E-state index < -0.39 is 56.0 Å². The number of rotatable bonds is 19. The van der Waals surface area contributed by atoms with Gasteiger partial charge in [0.1, 0.15) is 14.2 Å². The van der Waals surface area contributed by atoms with Crippen LogP contribution in [0.25, 0.3) is 32.7 Å². The zero-order valence-electron chi connectivity index (χ0n) is 66.0. The molecule has 121 heavy (non-hydrogen) atoms. The number of carbonyl (C=O) groups excluding carboxylic acids is 7. The van der Waals surface area contributed by atoms with Gasteiger partial charge in [0.25, 0.3) is 5.91 Å². The molecule has 8 heterocycles. The number of aliphatic hydroxyl groups excluding tert-OH is 1. The predicted molar refractivity (Wildman–Crippen MR) is 477 cm³/mol. The summed E-state index contributed by atoms with van der Waals surface area (Å²) in [5, 5.41) is 28.2. The van der Waals surface area contributed by atoms with E-state index in [0.29, 0.717) is 77.1 Å². The first-order valence-corrected chi connectivity index (χ1v) is 44.4. The van der Waals surface area contributed by atoms with Gasteiger partial charge in [-0.2, -0.15) is 0 Å². The minimum atomic E-state index is -1.32. The number of piperazine rings is 1. The number of amides is 8. The Labute approximate surface area is 742 Å². The number of hydroxylamine groups is 2. The molecular weight excluding hydrogens is 1790 g/mol. The fraction of sp³-hybridized carbons (Fsp3) is 0.264. The molecule has 6 N–H and O–H groups in total. The van der Waals surface area contributed by atoms with Crippen molar-refractivity contribution in [1.82, 2.24) is 54.7 Å². The number of hydrogen-bond acceptors (Lipinski definition) is 12. The van der Waals surface area contributed by atoms with Crippen molar-refractivity contribution in [3.05, 3.63) is 299 Å². The molecular formula is C91H84Br2Cl3F2N11O9S3. The maximum atomic E-state index is 14.9. The van der Waals surface area contributed by atoms with Crippen LogP contribution in [0.5, 0.6) is 0 Å². The summed E-state index contributed by atoms with van der Waals surface area (Å²) < 4.78 is 26.3. The highest BCUT2D eigenvalue weighted by molar-refractivity contribution is 9.10. The zero-order valence-corrected chi connectivity index (χ0v) is 73.9. The molecule has 8 amide bonds. The molecule has 0 aliphatic carbocycles. The van der Waals surface area contributed by atoms with Gasteiger partial charge in [-0.25, -0.2) is 18.6 Å². The van der Waals surface area contributed by atoms with Crippen molar-refractivity contribution in [3.63, 3.8) is 0 Å². The highest BCUT2D eigenvalue weighted by Crippen LogP contribution is 2.59. The van der Waals surface area contributed by atoms with Crippen LogP contribution in [-0.2, 0) is 48.4 Å². The Bertz CT molecular complexity index is 5910. The van der Waals surface area contributed by atoms with E-state index in [1.165, 1.54) is 48.4 Å². The zero-order chi connectivity index (χ0) is 85.3. The second-order valence-electron chi connectivity index (χ2n) is 30.8. The second kappa shape index (κ2) is 36.4. The number of aromatic nitrogens is 3. The number of likely N-dealkylation sites (tertiary alicyclic amines) is 4. The third-order valence-electron chi connectivity index (χ3n) is 22.6. The minimum absolute atomic E-state index is 0.0314. The Balaban J connectivity index is 0.000000142. The second-order valence-corrected chi connectivity index (χ2v) is 38.2. The number of β-amino-alcohol motifs (C(OH)–C–C–N with tert-alkyl or cyclic N) is 1. The van der Waals surface area contributed by atoms with Crippen LogP contribution >= 0.6 is 102 Å². The highest BCUT2D eigenvalue weighted by Gasteiger charge is 2.63. The predicted octanol–water partition coefficient (Wildman–Crippen LogP) is 18.8. The van der Waals surface area contributed by atoms with E-state index in [2.05, 4.69) is 52.1 Å². The summed E-state index contributed by atoms with van der Waals surface area (Å²) in [6.45, 7) is 8.88. The lowest BCUT2D eigenvalue weighted by Gasteiger charge is -2.44. The van der Waals surface area contributed by atoms with Gasteiger partial charge in [0.15, 0.2) is 11.6 Å². The molecule has 3 aromatic heterocycles. The molecule has 5 aliphatic heterocycles. The maximum Gasteiger partial charge on any atom is 0.317 e. The normalized spacial score (nSPS) is 20.4. The van der Waals surface area contributed by atoms with Gasteiger partial charge in [0.05, 0.1) is 43.5 Å². The van der Waals surface area contributed by atoms with Crippen LogP contribution in [0.4, 0.5) is 13.6 Å². The molecule has 30 heteroatoms. The number of fused-ring (bicyclic) bond motifs is 3. The van der Waals surface area contributed by atoms with Crippen molar-refractivity contribution < 1.29 is 52.7 Å². The Morgan fingerprint density at radius 1 is 0.488 bits per heavy atom. The topological polar surface area (TPSA) is 242 Å². The summed E-state index contributed by atoms with van der Waals surface area (Å²) in [6, 6.07) is 59.0. The summed E-state index contributed by atoms with van der Waals surface area (Å²) in [4.78, 5) is 120. The van der Waals surface area contributed by atoms with Crippen molar-refractivity contribution >= 4 is 176 Å². The van der Waals surface area contributed by atoms with Crippen LogP contribution in [0.1, 0.15) is 88.8 Å². The van der Waals surface area contributed by atoms with E-state index >= 15 is 0 Å². The van der Waals surface area contributed by atoms with Crippen molar-refractivity contribution in [2.24, 2.45) is 0 Å². The van der Waals surface area contributed by atoms with Crippen LogP contribution in [0.2, 0.25) is 15.1 Å². The van der Waals surface area contributed by atoms with Gasteiger partial charge in [-0.15, -0.1) is 35.3 Å². The Hall–Kier alpha value is -9.65. The summed E-state index contributed by atoms with van der Waals surface area (Å²) in [7, 11) is 1.31. The number of urea groups is 1. The first-order valence-electron chi connectivity index (χ1n) is 39.2. The van der Waals surface area contributed by atoms with E-state index in [0.717, 1.165) is 102 Å². The third-order valence-corrected chi connectivity index (χ3v) is 28.6. The Kier molecular flexibility index (Phi) is 26.0. The average Bonchev–Trinajstić information content (AvgIpc) is 1.59. The van der Waals surface area contributed by atoms with Crippen molar-refractivity contribution in [2.75, 3.05) is 52.9 Å². The Morgan fingerprint density at radius 2 is 0.860 bits per heavy atom. The van der Waals surface area contributed by atoms with E-state index in [-0.39, 0.29) is 74.5 Å². The number of aromatic amines is 3. The monoisotopic (exact) mass is 1870 g/mol. The number of H-pyrrole nitrogens is 3. The maximum absolute atomic E-state index is 14.9. The SMILES string of the molecule is CCNC(=O)N1CCN(C(=O)[C@]2(Sc3ccccc3)CC(=O)N(Cc3ccc(F)c(F)c3)[C@H]2c2c[nH]c3cc(Cl)ccc23)CC1.Cc1ccc(S[C@@]2(C(=O)N(C)O)CC(=O)N(Cc3ccc(Br)cc3)[C@H]2c2c[nH]c3cc(Cl)ccc23)cc1.Cc1ccc(S[C@@]2(C(=O)N3CC(O)C3)CC(=O)N(Cc3ccc(Br)cc3)[C@H]2c2c[nH]c3cc(Cl)ccc23)cc1. The quantitative estimate of drug-likeness (QED) is 0.0327. The lowest BCUT2D eigenvalue weighted by Crippen LogP contribution is -2.60. The first-order chi connectivity index (χ1) is 58.1. The number of aryl methyl sites for hydroxylation is 2. The summed E-state index contributed by atoms with van der Waals surface area (Å²) in [5.74, 6) is -3.40. The average molecular weight is 1880 g/mol. The molecule has 0 unspecified atom stereocenters. The van der Waals surface area contributed by atoms with Gasteiger partial charge in [0.2, 0.25) is 29.5 Å². The first kappa shape index (κ1) is 86.3. The lowest BCUT2D eigenvalue weighted by molar-refractivity contribution is -0.163. The molecule has 624 valence electrons. The largest absolute Gasteiger partial charge is 0.389 e. The van der Waals surface area contributed by atoms with E-state index in [1.807, 2.05) is 202 Å². The highest BCUT2D eigenvalue weighted by atomic mass is 79.9. The minimum Gasteiger partial charge on any atom is -0.389 e. The number of benzene rings is 9. The molecule has 5 fully saturated rings. The van der Waals surface area contributed by atoms with Gasteiger partial charge in [-0.05, 0) is 147 Å². The van der Waals surface area contributed by atoms with E-state index in [1.54, 1.807) is 48.9 Å². The summed E-state index contributed by atoms with van der Waals surface area (Å²) in [5.41, 5.74) is 9.31. The van der Waals surface area contributed by atoms with Gasteiger partial charge in [0, 0.05) is 179 Å². The van der Waals surface area contributed by atoms with Crippen LogP contribution < -0.4 is 5.32 Å². The molecule has 5 saturated heterocycles. The number of thioether (sulfide) groups is 3.